The van der Waals surface area contributed by atoms with Crippen LogP contribution in [-0.4, -0.2) is 13.3 Å². The first-order chi connectivity index (χ1) is 9.74. The van der Waals surface area contributed by atoms with E-state index in [2.05, 4.69) is 76.0 Å². The minimum absolute atomic E-state index is 0.0146. The van der Waals surface area contributed by atoms with Gasteiger partial charge < -0.3 is 0 Å². The number of thiophene rings is 1. The van der Waals surface area contributed by atoms with Gasteiger partial charge in [0.2, 0.25) is 0 Å². The SMILES string of the molecule is C/N=C/C(C)(C)c1ccc(-c2ccc(C(C)(C)C)s2)cc1. The zero-order valence-corrected chi connectivity index (χ0v) is 14.7. The normalized spacial score (nSPS) is 13.0. The molecule has 0 aliphatic heterocycles. The van der Waals surface area contributed by atoms with Crippen molar-refractivity contribution in [2.45, 2.75) is 45.4 Å². The van der Waals surface area contributed by atoms with Crippen molar-refractivity contribution in [3.8, 4) is 10.4 Å². The highest BCUT2D eigenvalue weighted by Crippen LogP contribution is 2.35. The molecule has 0 atom stereocenters. The fourth-order valence-electron chi connectivity index (χ4n) is 2.36. The summed E-state index contributed by atoms with van der Waals surface area (Å²) in [5.74, 6) is 0. The molecule has 112 valence electrons. The second kappa shape index (κ2) is 5.76. The first-order valence-electron chi connectivity index (χ1n) is 7.38. The Bertz CT molecular complexity index is 624. The van der Waals surface area contributed by atoms with Crippen LogP contribution in [0.15, 0.2) is 41.4 Å². The second-order valence-corrected chi connectivity index (χ2v) is 8.18. The first kappa shape index (κ1) is 16.0. The van der Waals surface area contributed by atoms with E-state index in [9.17, 15) is 0 Å². The molecule has 0 amide bonds. The Morgan fingerprint density at radius 1 is 0.905 bits per heavy atom. The van der Waals surface area contributed by atoms with Crippen LogP contribution >= 0.6 is 11.3 Å². The van der Waals surface area contributed by atoms with Gasteiger partial charge in [0.15, 0.2) is 0 Å². The molecule has 0 bridgehead atoms. The lowest BCUT2D eigenvalue weighted by Crippen LogP contribution is -2.18. The van der Waals surface area contributed by atoms with Crippen molar-refractivity contribution in [3.05, 3.63) is 46.8 Å². The quantitative estimate of drug-likeness (QED) is 0.645. The fourth-order valence-corrected chi connectivity index (χ4v) is 3.43. The van der Waals surface area contributed by atoms with Gasteiger partial charge in [-0.25, -0.2) is 0 Å². The van der Waals surface area contributed by atoms with E-state index in [4.69, 9.17) is 0 Å². The highest BCUT2D eigenvalue weighted by atomic mass is 32.1. The Morgan fingerprint density at radius 2 is 1.52 bits per heavy atom. The van der Waals surface area contributed by atoms with E-state index in [-0.39, 0.29) is 10.8 Å². The van der Waals surface area contributed by atoms with Gasteiger partial charge in [-0.05, 0) is 28.7 Å². The Hall–Kier alpha value is -1.41. The molecule has 1 heterocycles. The number of hydrogen-bond donors (Lipinski definition) is 0. The van der Waals surface area contributed by atoms with Crippen molar-refractivity contribution in [1.29, 1.82) is 0 Å². The maximum absolute atomic E-state index is 4.17. The summed E-state index contributed by atoms with van der Waals surface area (Å²) in [5, 5.41) is 0. The minimum Gasteiger partial charge on any atom is -0.300 e. The predicted molar refractivity (Wildman–Crippen MR) is 95.9 cm³/mol. The summed E-state index contributed by atoms with van der Waals surface area (Å²) in [7, 11) is 1.83. The van der Waals surface area contributed by atoms with Gasteiger partial charge in [0, 0.05) is 28.4 Å². The van der Waals surface area contributed by atoms with Gasteiger partial charge in [-0.2, -0.15) is 0 Å². The zero-order chi connectivity index (χ0) is 15.7. The van der Waals surface area contributed by atoms with Crippen LogP contribution in [0.4, 0.5) is 0 Å². The average Bonchev–Trinajstić information content (AvgIpc) is 2.88. The number of rotatable bonds is 3. The molecule has 2 heteroatoms. The summed E-state index contributed by atoms with van der Waals surface area (Å²) in [6, 6.07) is 13.4. The van der Waals surface area contributed by atoms with Gasteiger partial charge in [0.25, 0.3) is 0 Å². The number of hydrogen-bond acceptors (Lipinski definition) is 2. The molecule has 0 saturated carbocycles. The summed E-state index contributed by atoms with van der Waals surface area (Å²) in [6.07, 6.45) is 2.00. The largest absolute Gasteiger partial charge is 0.300 e. The monoisotopic (exact) mass is 299 g/mol. The lowest BCUT2D eigenvalue weighted by Gasteiger charge is -2.20. The molecular weight excluding hydrogens is 274 g/mol. The van der Waals surface area contributed by atoms with Crippen LogP contribution in [0.1, 0.15) is 45.1 Å². The number of aliphatic imine (C=N–C) groups is 1. The van der Waals surface area contributed by atoms with Gasteiger partial charge >= 0.3 is 0 Å². The van der Waals surface area contributed by atoms with Gasteiger partial charge in [0.05, 0.1) is 0 Å². The van der Waals surface area contributed by atoms with Gasteiger partial charge in [-0.15, -0.1) is 11.3 Å². The molecule has 0 radical (unpaired) electrons. The molecular formula is C19H25NS. The maximum Gasteiger partial charge on any atom is 0.0345 e. The molecule has 0 spiro atoms. The second-order valence-electron chi connectivity index (χ2n) is 7.10. The van der Waals surface area contributed by atoms with Gasteiger partial charge in [0.1, 0.15) is 0 Å². The molecule has 0 unspecified atom stereocenters. The van der Waals surface area contributed by atoms with E-state index in [1.165, 1.54) is 20.9 Å². The van der Waals surface area contributed by atoms with Crippen molar-refractivity contribution in [3.63, 3.8) is 0 Å². The topological polar surface area (TPSA) is 12.4 Å². The van der Waals surface area contributed by atoms with Crippen LogP contribution in [0.3, 0.4) is 0 Å². The lowest BCUT2D eigenvalue weighted by atomic mass is 9.85. The van der Waals surface area contributed by atoms with Crippen molar-refractivity contribution >= 4 is 17.6 Å². The average molecular weight is 299 g/mol. The number of nitrogens with zero attached hydrogens (tertiary/aromatic N) is 1. The van der Waals surface area contributed by atoms with E-state index in [1.807, 2.05) is 24.6 Å². The summed E-state index contributed by atoms with van der Waals surface area (Å²) in [6.45, 7) is 11.2. The number of benzene rings is 1. The third-order valence-electron chi connectivity index (χ3n) is 3.71. The Labute approximate surface area is 132 Å². The molecule has 0 fully saturated rings. The standard InChI is InChI=1S/C19H25NS/c1-18(2,3)17-12-11-16(21-17)14-7-9-15(10-8-14)19(4,5)13-20-6/h7-13H,1-6H3/b20-13+. The Kier molecular flexibility index (Phi) is 4.38. The van der Waals surface area contributed by atoms with Crippen LogP contribution in [-0.2, 0) is 10.8 Å². The molecule has 0 aliphatic rings. The van der Waals surface area contributed by atoms with E-state index < -0.39 is 0 Å². The fraction of sp³-hybridized carbons (Fsp3) is 0.421. The summed E-state index contributed by atoms with van der Waals surface area (Å²) in [5.41, 5.74) is 2.80. The molecule has 1 aromatic heterocycles. The van der Waals surface area contributed by atoms with E-state index in [0.717, 1.165) is 0 Å². The molecule has 21 heavy (non-hydrogen) atoms. The molecule has 2 rings (SSSR count). The van der Waals surface area contributed by atoms with Crippen LogP contribution in [0.2, 0.25) is 0 Å². The summed E-state index contributed by atoms with van der Waals surface area (Å²) < 4.78 is 0. The van der Waals surface area contributed by atoms with Crippen LogP contribution in [0.25, 0.3) is 10.4 Å². The Balaban J connectivity index is 2.29. The van der Waals surface area contributed by atoms with Crippen molar-refractivity contribution in [2.75, 3.05) is 7.05 Å². The third kappa shape index (κ3) is 3.62. The first-order valence-corrected chi connectivity index (χ1v) is 8.20. The van der Waals surface area contributed by atoms with Gasteiger partial charge in [-0.1, -0.05) is 58.9 Å². The molecule has 1 nitrogen and oxygen atoms in total. The summed E-state index contributed by atoms with van der Waals surface area (Å²) >= 11 is 1.89. The lowest BCUT2D eigenvalue weighted by molar-refractivity contribution is 0.604. The smallest absolute Gasteiger partial charge is 0.0345 e. The highest BCUT2D eigenvalue weighted by Gasteiger charge is 2.19. The van der Waals surface area contributed by atoms with E-state index >= 15 is 0 Å². The van der Waals surface area contributed by atoms with Crippen molar-refractivity contribution in [2.24, 2.45) is 4.99 Å². The van der Waals surface area contributed by atoms with Crippen molar-refractivity contribution in [1.82, 2.24) is 0 Å². The van der Waals surface area contributed by atoms with E-state index in [0.29, 0.717) is 0 Å². The third-order valence-corrected chi connectivity index (χ3v) is 5.27. The summed E-state index contributed by atoms with van der Waals surface area (Å²) in [4.78, 5) is 6.94. The maximum atomic E-state index is 4.17. The van der Waals surface area contributed by atoms with Crippen LogP contribution < -0.4 is 0 Å². The molecule has 1 aromatic carbocycles. The highest BCUT2D eigenvalue weighted by molar-refractivity contribution is 7.15. The molecule has 2 aromatic rings. The van der Waals surface area contributed by atoms with Crippen molar-refractivity contribution < 1.29 is 0 Å². The predicted octanol–water partition coefficient (Wildman–Crippen LogP) is 5.69. The molecule has 0 saturated heterocycles. The molecule has 0 aliphatic carbocycles. The van der Waals surface area contributed by atoms with E-state index in [1.54, 1.807) is 0 Å². The van der Waals surface area contributed by atoms with Gasteiger partial charge in [-0.3, -0.25) is 4.99 Å². The zero-order valence-electron chi connectivity index (χ0n) is 13.9. The van der Waals surface area contributed by atoms with Crippen LogP contribution in [0.5, 0.6) is 0 Å². The van der Waals surface area contributed by atoms with Crippen LogP contribution in [0, 0.1) is 0 Å². The molecule has 0 N–H and O–H groups in total. The Morgan fingerprint density at radius 3 is 2.00 bits per heavy atom. The minimum atomic E-state index is -0.0146.